The molecule has 0 aliphatic rings. The van der Waals surface area contributed by atoms with Crippen molar-refractivity contribution in [2.24, 2.45) is 4.99 Å². The van der Waals surface area contributed by atoms with Crippen molar-refractivity contribution in [3.63, 3.8) is 0 Å². The SMILES string of the molecule is CN=C(NCc1cc(Br)cs1)NCc1nc(C(C)C)cs1. The number of hydrogen-bond acceptors (Lipinski definition) is 4. The first-order valence-corrected chi connectivity index (χ1v) is 9.25. The zero-order valence-corrected chi connectivity index (χ0v) is 15.5. The smallest absolute Gasteiger partial charge is 0.191 e. The summed E-state index contributed by atoms with van der Waals surface area (Å²) in [6, 6.07) is 2.11. The van der Waals surface area contributed by atoms with Gasteiger partial charge in [-0.1, -0.05) is 13.8 Å². The van der Waals surface area contributed by atoms with Crippen LogP contribution in [0.25, 0.3) is 0 Å². The van der Waals surface area contributed by atoms with Crippen molar-refractivity contribution in [2.45, 2.75) is 32.9 Å². The van der Waals surface area contributed by atoms with Crippen molar-refractivity contribution < 1.29 is 0 Å². The van der Waals surface area contributed by atoms with Crippen LogP contribution in [-0.4, -0.2) is 18.0 Å². The molecule has 2 N–H and O–H groups in total. The Bertz CT molecular complexity index is 604. The summed E-state index contributed by atoms with van der Waals surface area (Å²) in [5, 5.41) is 11.9. The molecule has 0 saturated heterocycles. The van der Waals surface area contributed by atoms with Gasteiger partial charge in [-0.3, -0.25) is 4.99 Å². The minimum Gasteiger partial charge on any atom is -0.352 e. The first kappa shape index (κ1) is 16.5. The third-order valence-electron chi connectivity index (χ3n) is 2.84. The number of nitrogens with one attached hydrogen (secondary N) is 2. The minimum atomic E-state index is 0.477. The van der Waals surface area contributed by atoms with Gasteiger partial charge in [-0.25, -0.2) is 4.98 Å². The molecule has 0 aliphatic heterocycles. The summed E-state index contributed by atoms with van der Waals surface area (Å²) < 4.78 is 1.12. The standard InChI is InChI=1S/C14H19BrN4S2/c1-9(2)12-8-21-13(19-12)6-18-14(16-3)17-5-11-4-10(15)7-20-11/h4,7-9H,5-6H2,1-3H3,(H2,16,17,18). The molecule has 0 aromatic carbocycles. The monoisotopic (exact) mass is 386 g/mol. The maximum atomic E-state index is 4.61. The second-order valence-electron chi connectivity index (χ2n) is 4.83. The fourth-order valence-corrected chi connectivity index (χ4v) is 3.95. The summed E-state index contributed by atoms with van der Waals surface area (Å²) in [5.74, 6) is 1.27. The summed E-state index contributed by atoms with van der Waals surface area (Å²) in [5.41, 5.74) is 1.16. The van der Waals surface area contributed by atoms with Crippen molar-refractivity contribution in [2.75, 3.05) is 7.05 Å². The maximum absolute atomic E-state index is 4.61. The summed E-state index contributed by atoms with van der Waals surface area (Å²) in [6.07, 6.45) is 0. The lowest BCUT2D eigenvalue weighted by atomic mass is 10.2. The molecule has 0 saturated carbocycles. The summed E-state index contributed by atoms with van der Waals surface area (Å²) >= 11 is 6.87. The molecule has 0 atom stereocenters. The highest BCUT2D eigenvalue weighted by Gasteiger charge is 2.06. The molecule has 0 spiro atoms. The molecule has 0 bridgehead atoms. The summed E-state index contributed by atoms with van der Waals surface area (Å²) in [7, 11) is 1.78. The highest BCUT2D eigenvalue weighted by Crippen LogP contribution is 2.19. The second-order valence-corrected chi connectivity index (χ2v) is 7.69. The van der Waals surface area contributed by atoms with Gasteiger partial charge < -0.3 is 10.6 Å². The molecule has 4 nitrogen and oxygen atoms in total. The van der Waals surface area contributed by atoms with Gasteiger partial charge in [0.25, 0.3) is 0 Å². The van der Waals surface area contributed by atoms with Crippen LogP contribution >= 0.6 is 38.6 Å². The molecule has 2 heterocycles. The van der Waals surface area contributed by atoms with Crippen LogP contribution in [0.1, 0.15) is 35.3 Å². The lowest BCUT2D eigenvalue weighted by Crippen LogP contribution is -2.36. The van der Waals surface area contributed by atoms with E-state index in [2.05, 4.69) is 67.2 Å². The largest absolute Gasteiger partial charge is 0.352 e. The molecule has 2 rings (SSSR count). The van der Waals surface area contributed by atoms with Gasteiger partial charge in [0.15, 0.2) is 5.96 Å². The van der Waals surface area contributed by atoms with E-state index in [0.29, 0.717) is 12.5 Å². The highest BCUT2D eigenvalue weighted by atomic mass is 79.9. The van der Waals surface area contributed by atoms with E-state index in [1.807, 2.05) is 0 Å². The predicted molar refractivity (Wildman–Crippen MR) is 95.3 cm³/mol. The third kappa shape index (κ3) is 5.09. The van der Waals surface area contributed by atoms with E-state index in [0.717, 1.165) is 27.7 Å². The van der Waals surface area contributed by atoms with Crippen molar-refractivity contribution >= 4 is 44.6 Å². The van der Waals surface area contributed by atoms with Crippen LogP contribution in [0.15, 0.2) is 26.3 Å². The van der Waals surface area contributed by atoms with Crippen LogP contribution in [0.3, 0.4) is 0 Å². The van der Waals surface area contributed by atoms with Gasteiger partial charge in [-0.15, -0.1) is 22.7 Å². The Morgan fingerprint density at radius 3 is 2.62 bits per heavy atom. The number of aromatic nitrogens is 1. The average molecular weight is 387 g/mol. The van der Waals surface area contributed by atoms with Crippen LogP contribution in [0.4, 0.5) is 0 Å². The Labute approximate surface area is 141 Å². The number of halogens is 1. The molecular weight excluding hydrogens is 368 g/mol. The lowest BCUT2D eigenvalue weighted by Gasteiger charge is -2.09. The van der Waals surface area contributed by atoms with Gasteiger partial charge in [0.05, 0.1) is 18.8 Å². The molecule has 2 aromatic rings. The maximum Gasteiger partial charge on any atom is 0.191 e. The molecule has 0 fully saturated rings. The van der Waals surface area contributed by atoms with E-state index in [1.54, 1.807) is 29.7 Å². The number of hydrogen-bond donors (Lipinski definition) is 2. The van der Waals surface area contributed by atoms with Crippen molar-refractivity contribution in [1.82, 2.24) is 15.6 Å². The Morgan fingerprint density at radius 1 is 1.29 bits per heavy atom. The zero-order chi connectivity index (χ0) is 15.2. The number of thiophene rings is 1. The molecule has 0 unspecified atom stereocenters. The van der Waals surface area contributed by atoms with Crippen molar-refractivity contribution in [3.8, 4) is 0 Å². The topological polar surface area (TPSA) is 49.3 Å². The number of guanidine groups is 1. The molecule has 21 heavy (non-hydrogen) atoms. The van der Waals surface area contributed by atoms with Crippen molar-refractivity contribution in [3.05, 3.63) is 36.9 Å². The summed E-state index contributed by atoms with van der Waals surface area (Å²) in [4.78, 5) is 10.1. The van der Waals surface area contributed by atoms with E-state index in [9.17, 15) is 0 Å². The van der Waals surface area contributed by atoms with Crippen LogP contribution in [-0.2, 0) is 13.1 Å². The number of nitrogens with zero attached hydrogens (tertiary/aromatic N) is 2. The second kappa shape index (κ2) is 7.91. The molecule has 114 valence electrons. The van der Waals surface area contributed by atoms with Crippen LogP contribution in [0.5, 0.6) is 0 Å². The fourth-order valence-electron chi connectivity index (χ4n) is 1.67. The van der Waals surface area contributed by atoms with Gasteiger partial charge in [0.1, 0.15) is 5.01 Å². The van der Waals surface area contributed by atoms with Crippen LogP contribution < -0.4 is 10.6 Å². The molecule has 0 radical (unpaired) electrons. The Morgan fingerprint density at radius 2 is 2.05 bits per heavy atom. The molecule has 7 heteroatoms. The van der Waals surface area contributed by atoms with E-state index in [4.69, 9.17) is 0 Å². The van der Waals surface area contributed by atoms with E-state index in [1.165, 1.54) is 4.88 Å². The van der Waals surface area contributed by atoms with E-state index in [-0.39, 0.29) is 0 Å². The zero-order valence-electron chi connectivity index (χ0n) is 12.3. The quantitative estimate of drug-likeness (QED) is 0.603. The van der Waals surface area contributed by atoms with Gasteiger partial charge >= 0.3 is 0 Å². The normalized spacial score (nSPS) is 12.0. The van der Waals surface area contributed by atoms with Crippen molar-refractivity contribution in [1.29, 1.82) is 0 Å². The fraction of sp³-hybridized carbons (Fsp3) is 0.429. The van der Waals surface area contributed by atoms with Gasteiger partial charge in [0, 0.05) is 27.2 Å². The number of thiazole rings is 1. The van der Waals surface area contributed by atoms with Gasteiger partial charge in [-0.05, 0) is 27.9 Å². The average Bonchev–Trinajstić information content (AvgIpc) is 3.08. The number of aliphatic imine (C=N–C) groups is 1. The Hall–Kier alpha value is -0.920. The van der Waals surface area contributed by atoms with Gasteiger partial charge in [0.2, 0.25) is 0 Å². The molecule has 2 aromatic heterocycles. The van der Waals surface area contributed by atoms with Gasteiger partial charge in [-0.2, -0.15) is 0 Å². The third-order valence-corrected chi connectivity index (χ3v) is 5.41. The first-order valence-electron chi connectivity index (χ1n) is 6.70. The number of rotatable bonds is 5. The van der Waals surface area contributed by atoms with Crippen LogP contribution in [0, 0.1) is 0 Å². The molecule has 0 aliphatic carbocycles. The minimum absolute atomic E-state index is 0.477. The Balaban J connectivity index is 1.82. The van der Waals surface area contributed by atoms with E-state index < -0.39 is 0 Å². The summed E-state index contributed by atoms with van der Waals surface area (Å²) in [6.45, 7) is 5.79. The Kier molecular flexibility index (Phi) is 6.20. The predicted octanol–water partition coefficient (Wildman–Crippen LogP) is 3.96. The van der Waals surface area contributed by atoms with Crippen LogP contribution in [0.2, 0.25) is 0 Å². The molecule has 0 amide bonds. The van der Waals surface area contributed by atoms with E-state index >= 15 is 0 Å². The lowest BCUT2D eigenvalue weighted by molar-refractivity contribution is 0.788. The first-order chi connectivity index (χ1) is 10.1. The molecular formula is C14H19BrN4S2. The highest BCUT2D eigenvalue weighted by molar-refractivity contribution is 9.10.